The monoisotopic (exact) mass is 992 g/mol. The Morgan fingerprint density at radius 1 is 0.887 bits per heavy atom. The van der Waals surface area contributed by atoms with Gasteiger partial charge in [0.15, 0.2) is 0 Å². The number of hydrogen-bond acceptors (Lipinski definition) is 13. The zero-order valence-electron chi connectivity index (χ0n) is 41.5. The van der Waals surface area contributed by atoms with Crippen molar-refractivity contribution < 1.29 is 48.3 Å². The molecule has 8 amide bonds. The second kappa shape index (κ2) is 32.5. The van der Waals surface area contributed by atoms with Gasteiger partial charge in [-0.25, -0.2) is 11.1 Å². The second-order valence-corrected chi connectivity index (χ2v) is 17.3. The fourth-order valence-electron chi connectivity index (χ4n) is 7.47. The number of carboxylic acids is 1. The summed E-state index contributed by atoms with van der Waals surface area (Å²) >= 11 is 0. The number of nitrogens with zero attached hydrogens (tertiary/aromatic N) is 3. The molecule has 12 N–H and O–H groups in total. The number of nitrogens with two attached hydrogens (primary N) is 1. The Bertz CT molecular complexity index is 2140. The molecular weight excluding hydrogens is 919 g/mol. The number of unbranched alkanes of at least 4 members (excludes halogenated alkanes) is 2. The van der Waals surface area contributed by atoms with Gasteiger partial charge < -0.3 is 53.0 Å². The van der Waals surface area contributed by atoms with E-state index >= 15 is 0 Å². The van der Waals surface area contributed by atoms with E-state index < -0.39 is 72.5 Å². The van der Waals surface area contributed by atoms with E-state index in [2.05, 4.69) is 54.0 Å². The zero-order valence-corrected chi connectivity index (χ0v) is 41.5. The van der Waals surface area contributed by atoms with Crippen LogP contribution >= 0.6 is 0 Å². The van der Waals surface area contributed by atoms with Gasteiger partial charge in [0.1, 0.15) is 18.1 Å². The van der Waals surface area contributed by atoms with Crippen LogP contribution in [0.15, 0.2) is 47.5 Å². The zero-order chi connectivity index (χ0) is 52.9. The third kappa shape index (κ3) is 21.9. The molecule has 0 fully saturated rings. The number of nitrogens with one attached hydrogen (secondary N) is 9. The van der Waals surface area contributed by atoms with E-state index in [4.69, 9.17) is 16.8 Å². The van der Waals surface area contributed by atoms with Crippen molar-refractivity contribution in [3.05, 3.63) is 64.7 Å². The number of benzene rings is 2. The number of aliphatic carboxylic acids is 1. The van der Waals surface area contributed by atoms with E-state index in [1.54, 1.807) is 26.0 Å². The number of fused-ring (bicyclic) bond motifs is 2. The number of carbonyl (C=O) groups is 9. The van der Waals surface area contributed by atoms with Gasteiger partial charge in [-0.1, -0.05) is 46.2 Å². The summed E-state index contributed by atoms with van der Waals surface area (Å²) in [4.78, 5) is 125. The van der Waals surface area contributed by atoms with Gasteiger partial charge in [0, 0.05) is 63.0 Å². The van der Waals surface area contributed by atoms with Crippen molar-refractivity contribution in [2.45, 2.75) is 117 Å². The number of aliphatic imine (C=N–C) groups is 1. The molecule has 0 spiro atoms. The summed E-state index contributed by atoms with van der Waals surface area (Å²) in [5.74, 6) is -6.14. The van der Waals surface area contributed by atoms with Gasteiger partial charge in [-0.2, -0.15) is 0 Å². The molecule has 390 valence electrons. The van der Waals surface area contributed by atoms with Crippen LogP contribution in [-0.4, -0.2) is 139 Å². The van der Waals surface area contributed by atoms with Crippen molar-refractivity contribution in [1.82, 2.24) is 41.7 Å². The van der Waals surface area contributed by atoms with Crippen molar-refractivity contribution in [2.24, 2.45) is 16.6 Å². The van der Waals surface area contributed by atoms with Gasteiger partial charge in [-0.15, -0.1) is 0 Å². The Morgan fingerprint density at radius 3 is 2.24 bits per heavy atom. The van der Waals surface area contributed by atoms with Crippen LogP contribution in [0.3, 0.4) is 0 Å². The highest BCUT2D eigenvalue weighted by molar-refractivity contribution is 6.01. The Labute approximate surface area is 415 Å². The number of hydrogen-bond donors (Lipinski definition) is 11. The molecule has 1 unspecified atom stereocenters. The fourth-order valence-corrected chi connectivity index (χ4v) is 7.47. The van der Waals surface area contributed by atoms with E-state index in [9.17, 15) is 48.3 Å². The van der Waals surface area contributed by atoms with E-state index in [1.165, 1.54) is 30.1 Å². The first-order valence-corrected chi connectivity index (χ1v) is 23.8. The molecule has 1 heterocycles. The summed E-state index contributed by atoms with van der Waals surface area (Å²) in [6.45, 7) is 9.54. The van der Waals surface area contributed by atoms with Crippen molar-refractivity contribution >= 4 is 65.3 Å². The summed E-state index contributed by atoms with van der Waals surface area (Å²) in [6.07, 6.45) is 4.33. The summed E-state index contributed by atoms with van der Waals surface area (Å²) in [6, 6.07) is 7.89. The molecule has 3 rings (SSSR count). The molecular formula is C48H73N13O10. The Kier molecular flexibility index (Phi) is 27.4. The maximum absolute atomic E-state index is 14.0. The van der Waals surface area contributed by atoms with Crippen LogP contribution in [0.2, 0.25) is 0 Å². The van der Waals surface area contributed by atoms with Crippen molar-refractivity contribution in [1.29, 1.82) is 11.1 Å². The normalized spacial score (nSPS) is 16.9. The highest BCUT2D eigenvalue weighted by atomic mass is 16.4. The minimum absolute atomic E-state index is 0.0136. The van der Waals surface area contributed by atoms with Crippen LogP contribution < -0.4 is 43.0 Å². The lowest BCUT2D eigenvalue weighted by Crippen LogP contribution is -2.57. The minimum atomic E-state index is -1.54. The van der Waals surface area contributed by atoms with Gasteiger partial charge in [-0.05, 0) is 92.4 Å². The number of likely N-dealkylation sites (N-methyl/N-ethyl adjacent to an activating group) is 1. The molecule has 0 saturated carbocycles. The molecule has 23 nitrogen and oxygen atoms in total. The van der Waals surface area contributed by atoms with Crippen LogP contribution in [0.4, 0.5) is 5.69 Å². The highest BCUT2D eigenvalue weighted by Gasteiger charge is 2.34. The average molecular weight is 992 g/mol. The van der Waals surface area contributed by atoms with Gasteiger partial charge in [-0.3, -0.25) is 53.0 Å². The van der Waals surface area contributed by atoms with Crippen LogP contribution in [0.1, 0.15) is 117 Å². The Morgan fingerprint density at radius 2 is 1.59 bits per heavy atom. The first kappa shape index (κ1) is 59.8. The highest BCUT2D eigenvalue weighted by Crippen LogP contribution is 2.19. The van der Waals surface area contributed by atoms with Crippen molar-refractivity contribution in [3.8, 4) is 0 Å². The Hall–Kier alpha value is -7.30. The standard InChI is InChI=1S/C48H71N11O10.H2N2/c1-6-18-51-41(62)29-59(21-7-2)28-32-14-16-34(17-15-32)44(65)52-20-10-8-9-13-39(60)55-36-23-33-22-35(24-36)45(66)57-43(31(3)4)48(69)58(5)38(12-11-19-50-30-49)47(68)54-27-40(61)56-37(25-42(63)64)46(67)53-26-33;1-2/h14-17,22-24,30-31,37-38,43H,6-13,18-21,25-29H2,1-5H3,(H2,49,50)(H,51,62)(H,52,65)(H,53,67)(H,54,68)(H,55,60)(H,56,61)(H,57,66)(H,63,64);1-2H/t37-,38-,43?;/m0./s1. The molecule has 2 aromatic rings. The van der Waals surface area contributed by atoms with Gasteiger partial charge in [0.05, 0.1) is 25.8 Å². The van der Waals surface area contributed by atoms with Crippen LogP contribution in [-0.2, 0) is 46.7 Å². The summed E-state index contributed by atoms with van der Waals surface area (Å²) in [7, 11) is 1.40. The van der Waals surface area contributed by atoms with Gasteiger partial charge in [0.2, 0.25) is 35.4 Å². The number of anilines is 1. The fraction of sp³-hybridized carbons (Fsp3) is 0.542. The molecule has 71 heavy (non-hydrogen) atoms. The number of rotatable bonds is 23. The van der Waals surface area contributed by atoms with E-state index in [0.29, 0.717) is 63.0 Å². The first-order valence-electron chi connectivity index (χ1n) is 23.8. The molecule has 1 aliphatic rings. The van der Waals surface area contributed by atoms with E-state index in [-0.39, 0.29) is 54.9 Å². The summed E-state index contributed by atoms with van der Waals surface area (Å²) in [5.41, 5.74) is 17.4. The molecule has 2 bridgehead atoms. The first-order chi connectivity index (χ1) is 33.9. The molecule has 0 aromatic heterocycles. The lowest BCUT2D eigenvalue weighted by Gasteiger charge is -2.32. The molecule has 23 heteroatoms. The molecule has 0 radical (unpaired) electrons. The van der Waals surface area contributed by atoms with Crippen molar-refractivity contribution in [2.75, 3.05) is 51.6 Å². The summed E-state index contributed by atoms with van der Waals surface area (Å²) < 4.78 is 0. The van der Waals surface area contributed by atoms with E-state index in [0.717, 1.165) is 31.3 Å². The average Bonchev–Trinajstić information content (AvgIpc) is 3.34. The molecule has 0 saturated heterocycles. The minimum Gasteiger partial charge on any atom is -0.481 e. The lowest BCUT2D eigenvalue weighted by molar-refractivity contribution is -0.142. The summed E-state index contributed by atoms with van der Waals surface area (Å²) in [5, 5.41) is 28.3. The largest absolute Gasteiger partial charge is 0.481 e. The van der Waals surface area contributed by atoms with Crippen LogP contribution in [0, 0.1) is 17.0 Å². The van der Waals surface area contributed by atoms with Gasteiger partial charge >= 0.3 is 5.97 Å². The third-order valence-electron chi connectivity index (χ3n) is 11.1. The topological polar surface area (TPSA) is 351 Å². The Balaban J connectivity index is 0.00000852. The van der Waals surface area contributed by atoms with Crippen LogP contribution in [0.5, 0.6) is 0 Å². The quantitative estimate of drug-likeness (QED) is 0.0330. The smallest absolute Gasteiger partial charge is 0.305 e. The van der Waals surface area contributed by atoms with E-state index in [1.807, 2.05) is 19.1 Å². The predicted octanol–water partition coefficient (Wildman–Crippen LogP) is 2.00. The maximum Gasteiger partial charge on any atom is 0.305 e. The molecule has 0 aliphatic carbocycles. The number of amides is 8. The number of carboxylic acid groups (broad SMARTS) is 1. The SMILES string of the molecule is CCCNC(=O)CN(CCC)Cc1ccc(C(=O)NCCCCCC(=O)Nc2cc3cc(c2)C(=O)NC(C(C)C)C(=O)N(C)[C@@H](CCCN=CN)C(=O)NCC(=O)N[C@@H](CC(=O)O)C(=O)NC3)cc1.N=N. The molecule has 3 atom stereocenters. The lowest BCUT2D eigenvalue weighted by atomic mass is 9.99. The number of carbonyl (C=O) groups excluding carboxylic acids is 8. The van der Waals surface area contributed by atoms with Gasteiger partial charge in [0.25, 0.3) is 11.8 Å². The molecule has 1 aliphatic heterocycles. The maximum atomic E-state index is 14.0. The molecule has 2 aromatic carbocycles. The van der Waals surface area contributed by atoms with Crippen LogP contribution in [0.25, 0.3) is 0 Å². The van der Waals surface area contributed by atoms with Crippen molar-refractivity contribution in [3.63, 3.8) is 0 Å². The second-order valence-electron chi connectivity index (χ2n) is 17.3. The predicted molar refractivity (Wildman–Crippen MR) is 265 cm³/mol. The third-order valence-corrected chi connectivity index (χ3v) is 11.1.